The van der Waals surface area contributed by atoms with E-state index >= 15 is 0 Å². The van der Waals surface area contributed by atoms with Crippen LogP contribution in [0.3, 0.4) is 0 Å². The van der Waals surface area contributed by atoms with Crippen LogP contribution >= 0.6 is 0 Å². The molecule has 0 unspecified atom stereocenters. The highest BCUT2D eigenvalue weighted by atomic mass is 16.5. The van der Waals surface area contributed by atoms with Gasteiger partial charge in [-0.1, -0.05) is 6.42 Å². The summed E-state index contributed by atoms with van der Waals surface area (Å²) in [6, 6.07) is 0.240. The molecule has 0 radical (unpaired) electrons. The average Bonchev–Trinajstić information content (AvgIpc) is 2.74. The summed E-state index contributed by atoms with van der Waals surface area (Å²) in [4.78, 5) is 11.8. The van der Waals surface area contributed by atoms with Crippen LogP contribution in [-0.2, 0) is 9.53 Å². The van der Waals surface area contributed by atoms with Gasteiger partial charge in [0.2, 0.25) is 5.91 Å². The molecule has 1 aliphatic carbocycles. The van der Waals surface area contributed by atoms with Crippen molar-refractivity contribution in [3.63, 3.8) is 0 Å². The van der Waals surface area contributed by atoms with E-state index in [2.05, 4.69) is 5.32 Å². The molecule has 17 heavy (non-hydrogen) atoms. The quantitative estimate of drug-likeness (QED) is 0.772. The number of hydrogen-bond donors (Lipinski definition) is 2. The van der Waals surface area contributed by atoms with Gasteiger partial charge in [0.05, 0.1) is 0 Å². The topological polar surface area (TPSA) is 64.4 Å². The molecular weight excluding hydrogens is 216 g/mol. The third-order valence-corrected chi connectivity index (χ3v) is 4.09. The Morgan fingerprint density at radius 1 is 1.24 bits per heavy atom. The smallest absolute Gasteiger partial charge is 0.220 e. The van der Waals surface area contributed by atoms with Crippen molar-refractivity contribution in [2.75, 3.05) is 19.8 Å². The number of rotatable bonds is 4. The highest BCUT2D eigenvalue weighted by Crippen LogP contribution is 2.26. The lowest BCUT2D eigenvalue weighted by Crippen LogP contribution is -2.35. The zero-order chi connectivity index (χ0) is 12.1. The summed E-state index contributed by atoms with van der Waals surface area (Å²) < 4.78 is 5.30. The number of ether oxygens (including phenoxy) is 1. The molecule has 0 bridgehead atoms. The fourth-order valence-electron chi connectivity index (χ4n) is 2.84. The summed E-state index contributed by atoms with van der Waals surface area (Å²) in [6.07, 6.45) is 6.14. The van der Waals surface area contributed by atoms with Crippen molar-refractivity contribution in [1.29, 1.82) is 0 Å². The van der Waals surface area contributed by atoms with E-state index in [9.17, 15) is 4.79 Å². The molecule has 1 saturated heterocycles. The largest absolute Gasteiger partial charge is 0.381 e. The summed E-state index contributed by atoms with van der Waals surface area (Å²) in [6.45, 7) is 2.49. The van der Waals surface area contributed by atoms with Crippen molar-refractivity contribution in [3.05, 3.63) is 0 Å². The lowest BCUT2D eigenvalue weighted by atomic mass is 9.98. The summed E-state index contributed by atoms with van der Waals surface area (Å²) >= 11 is 0. The molecule has 1 saturated carbocycles. The van der Waals surface area contributed by atoms with Crippen LogP contribution in [0.5, 0.6) is 0 Å². The Morgan fingerprint density at radius 2 is 2.00 bits per heavy atom. The average molecular weight is 240 g/mol. The first-order valence-electron chi connectivity index (χ1n) is 6.85. The van der Waals surface area contributed by atoms with E-state index < -0.39 is 0 Å². The minimum absolute atomic E-state index is 0.179. The molecule has 4 nitrogen and oxygen atoms in total. The molecule has 2 rings (SSSR count). The van der Waals surface area contributed by atoms with Gasteiger partial charge in [-0.15, -0.1) is 0 Å². The van der Waals surface area contributed by atoms with Crippen LogP contribution in [0.4, 0.5) is 0 Å². The van der Waals surface area contributed by atoms with E-state index in [0.29, 0.717) is 18.3 Å². The summed E-state index contributed by atoms with van der Waals surface area (Å²) in [7, 11) is 0. The number of carbonyl (C=O) groups is 1. The molecule has 1 aliphatic heterocycles. The van der Waals surface area contributed by atoms with Gasteiger partial charge in [-0.05, 0) is 37.5 Å². The molecule has 2 fully saturated rings. The van der Waals surface area contributed by atoms with Crippen molar-refractivity contribution in [2.45, 2.75) is 44.6 Å². The van der Waals surface area contributed by atoms with Gasteiger partial charge >= 0.3 is 0 Å². The van der Waals surface area contributed by atoms with Crippen LogP contribution in [0.1, 0.15) is 38.5 Å². The molecule has 0 aromatic rings. The Kier molecular flexibility index (Phi) is 4.80. The minimum Gasteiger partial charge on any atom is -0.381 e. The number of carbonyl (C=O) groups excluding carboxylic acids is 1. The van der Waals surface area contributed by atoms with Gasteiger partial charge in [-0.2, -0.15) is 0 Å². The Morgan fingerprint density at radius 3 is 2.65 bits per heavy atom. The second kappa shape index (κ2) is 6.36. The molecule has 1 amide bonds. The molecule has 2 aliphatic rings. The van der Waals surface area contributed by atoms with Gasteiger partial charge in [0.25, 0.3) is 0 Å². The fraction of sp³-hybridized carbons (Fsp3) is 0.923. The van der Waals surface area contributed by atoms with Crippen molar-refractivity contribution >= 4 is 5.91 Å². The maximum atomic E-state index is 11.8. The van der Waals surface area contributed by atoms with Crippen molar-refractivity contribution in [3.8, 4) is 0 Å². The number of hydrogen-bond acceptors (Lipinski definition) is 3. The highest BCUT2D eigenvalue weighted by Gasteiger charge is 2.26. The first-order valence-corrected chi connectivity index (χ1v) is 6.85. The summed E-state index contributed by atoms with van der Waals surface area (Å²) in [5.41, 5.74) is 5.97. The van der Waals surface area contributed by atoms with Gasteiger partial charge < -0.3 is 15.8 Å². The fourth-order valence-corrected chi connectivity index (χ4v) is 2.84. The molecule has 0 aromatic heterocycles. The van der Waals surface area contributed by atoms with E-state index in [-0.39, 0.29) is 11.9 Å². The third kappa shape index (κ3) is 3.96. The maximum absolute atomic E-state index is 11.8. The Bertz CT molecular complexity index is 252. The lowest BCUT2D eigenvalue weighted by molar-refractivity contribution is -0.122. The first-order chi connectivity index (χ1) is 8.25. The Hall–Kier alpha value is -0.610. The van der Waals surface area contributed by atoms with Crippen LogP contribution < -0.4 is 11.1 Å². The number of nitrogens with one attached hydrogen (secondary N) is 1. The van der Waals surface area contributed by atoms with E-state index in [1.54, 1.807) is 0 Å². The molecule has 1 heterocycles. The zero-order valence-electron chi connectivity index (χ0n) is 10.5. The van der Waals surface area contributed by atoms with Crippen LogP contribution in [0.15, 0.2) is 0 Å². The van der Waals surface area contributed by atoms with Crippen molar-refractivity contribution in [1.82, 2.24) is 5.32 Å². The standard InChI is InChI=1S/C13H24N2O2/c14-12-3-1-2-11(12)8-13(16)15-9-10-4-6-17-7-5-10/h10-12H,1-9,14H2,(H,15,16)/t11-,12+/m0/s1. The van der Waals surface area contributed by atoms with Gasteiger partial charge in [-0.25, -0.2) is 0 Å². The maximum Gasteiger partial charge on any atom is 0.220 e. The minimum atomic E-state index is 0.179. The SMILES string of the molecule is N[C@@H]1CCC[C@H]1CC(=O)NCC1CCOCC1. The zero-order valence-corrected chi connectivity index (χ0v) is 10.5. The predicted octanol–water partition coefficient (Wildman–Crippen LogP) is 1.05. The van der Waals surface area contributed by atoms with Gasteiger partial charge in [0, 0.05) is 32.2 Å². The van der Waals surface area contributed by atoms with Gasteiger partial charge in [-0.3, -0.25) is 4.79 Å². The number of amides is 1. The van der Waals surface area contributed by atoms with E-state index in [1.807, 2.05) is 0 Å². The molecule has 4 heteroatoms. The normalized spacial score (nSPS) is 30.4. The Balaban J connectivity index is 1.63. The van der Waals surface area contributed by atoms with Crippen LogP contribution in [-0.4, -0.2) is 31.7 Å². The first kappa shape index (κ1) is 12.8. The van der Waals surface area contributed by atoms with Crippen molar-refractivity contribution < 1.29 is 9.53 Å². The van der Waals surface area contributed by atoms with Gasteiger partial charge in [0.15, 0.2) is 0 Å². The molecule has 2 atom stereocenters. The third-order valence-electron chi connectivity index (χ3n) is 4.09. The second-order valence-electron chi connectivity index (χ2n) is 5.42. The van der Waals surface area contributed by atoms with E-state index in [0.717, 1.165) is 45.4 Å². The molecule has 0 aromatic carbocycles. The van der Waals surface area contributed by atoms with Crippen molar-refractivity contribution in [2.24, 2.45) is 17.6 Å². The van der Waals surface area contributed by atoms with E-state index in [1.165, 1.54) is 6.42 Å². The van der Waals surface area contributed by atoms with Crippen LogP contribution in [0, 0.1) is 11.8 Å². The predicted molar refractivity (Wildman–Crippen MR) is 66.5 cm³/mol. The highest BCUT2D eigenvalue weighted by molar-refractivity contribution is 5.76. The molecule has 3 N–H and O–H groups in total. The summed E-state index contributed by atoms with van der Waals surface area (Å²) in [5, 5.41) is 3.05. The second-order valence-corrected chi connectivity index (χ2v) is 5.42. The monoisotopic (exact) mass is 240 g/mol. The van der Waals surface area contributed by atoms with Crippen LogP contribution in [0.2, 0.25) is 0 Å². The molecule has 0 spiro atoms. The molecule has 98 valence electrons. The summed E-state index contributed by atoms with van der Waals surface area (Å²) in [5.74, 6) is 1.19. The molecular formula is C13H24N2O2. The lowest BCUT2D eigenvalue weighted by Gasteiger charge is -2.22. The van der Waals surface area contributed by atoms with E-state index in [4.69, 9.17) is 10.5 Å². The van der Waals surface area contributed by atoms with Gasteiger partial charge in [0.1, 0.15) is 0 Å². The van der Waals surface area contributed by atoms with Crippen LogP contribution in [0.25, 0.3) is 0 Å². The number of nitrogens with two attached hydrogens (primary N) is 1. The Labute approximate surface area is 103 Å².